The predicted molar refractivity (Wildman–Crippen MR) is 101 cm³/mol. The molecule has 0 aromatic carbocycles. The van der Waals surface area contributed by atoms with E-state index in [1.165, 1.54) is 0 Å². The second-order valence-electron chi connectivity index (χ2n) is 9.35. The Kier molecular flexibility index (Phi) is 7.50. The van der Waals surface area contributed by atoms with Crippen LogP contribution in [-0.2, 0) is 13.9 Å². The zero-order valence-electron chi connectivity index (χ0n) is 17.2. The third-order valence-electron chi connectivity index (χ3n) is 4.76. The minimum absolute atomic E-state index is 0.0898. The maximum absolute atomic E-state index is 12.6. The third kappa shape index (κ3) is 7.25. The highest BCUT2D eigenvalue weighted by Crippen LogP contribution is 2.37. The van der Waals surface area contributed by atoms with Crippen molar-refractivity contribution in [1.29, 1.82) is 0 Å². The van der Waals surface area contributed by atoms with Crippen molar-refractivity contribution >= 4 is 14.4 Å². The van der Waals surface area contributed by atoms with E-state index in [-0.39, 0.29) is 29.9 Å². The maximum atomic E-state index is 12.6. The van der Waals surface area contributed by atoms with Gasteiger partial charge in [0.05, 0.1) is 25.4 Å². The van der Waals surface area contributed by atoms with E-state index in [0.717, 1.165) is 0 Å². The van der Waals surface area contributed by atoms with Crippen LogP contribution in [-0.4, -0.2) is 68.5 Å². The molecular weight excluding hydrogens is 338 g/mol. The largest absolute Gasteiger partial charge is 0.444 e. The summed E-state index contributed by atoms with van der Waals surface area (Å²) in [6, 6.07) is 0. The van der Waals surface area contributed by atoms with Crippen molar-refractivity contribution in [3.8, 4) is 0 Å². The molecule has 1 aliphatic rings. The number of carbonyl (C=O) groups excluding carboxylic acids is 1. The average molecular weight is 376 g/mol. The molecule has 0 bridgehead atoms. The highest BCUT2D eigenvalue weighted by molar-refractivity contribution is 6.74. The van der Waals surface area contributed by atoms with Gasteiger partial charge in [0.15, 0.2) is 8.32 Å². The highest BCUT2D eigenvalue weighted by atomic mass is 28.4. The predicted octanol–water partition coefficient (Wildman–Crippen LogP) is 3.40. The molecule has 7 heteroatoms. The molecular formula is C18H37NO5Si. The number of rotatable bonds is 3. The van der Waals surface area contributed by atoms with Crippen LogP contribution in [0.1, 0.15) is 48.0 Å². The van der Waals surface area contributed by atoms with Gasteiger partial charge in [-0.05, 0) is 45.3 Å². The van der Waals surface area contributed by atoms with Crippen LogP contribution in [0.4, 0.5) is 4.79 Å². The average Bonchev–Trinajstić information content (AvgIpc) is 2.37. The summed E-state index contributed by atoms with van der Waals surface area (Å²) in [6.45, 7) is 17.7. The second kappa shape index (κ2) is 8.37. The van der Waals surface area contributed by atoms with Crippen LogP contribution in [0.3, 0.4) is 0 Å². The number of carbonyl (C=O) groups is 1. The molecule has 1 rings (SSSR count). The van der Waals surface area contributed by atoms with Crippen LogP contribution in [0.5, 0.6) is 0 Å². The summed E-state index contributed by atoms with van der Waals surface area (Å²) in [5, 5.41) is 9.57. The van der Waals surface area contributed by atoms with Crippen molar-refractivity contribution in [3.05, 3.63) is 0 Å². The van der Waals surface area contributed by atoms with Crippen molar-refractivity contribution in [2.45, 2.75) is 83.9 Å². The van der Waals surface area contributed by atoms with Crippen molar-refractivity contribution < 1.29 is 23.8 Å². The summed E-state index contributed by atoms with van der Waals surface area (Å²) in [6.07, 6.45) is -0.169. The standard InChI is InChI=1S/C18H37NO5Si/c1-17(2,3)23-16(21)19-11-14(9-10-22-15(12-19)13-20)24-25(7,8)18(4,5)6/h14-15,20H,9-13H2,1-8H3/t14-,15+/m1/s1. The number of nitrogens with zero attached hydrogens (tertiary/aromatic N) is 1. The molecule has 6 nitrogen and oxygen atoms in total. The molecule has 2 atom stereocenters. The number of aliphatic hydroxyl groups excluding tert-OH is 1. The molecule has 1 saturated heterocycles. The monoisotopic (exact) mass is 375 g/mol. The highest BCUT2D eigenvalue weighted by Gasteiger charge is 2.40. The second-order valence-corrected chi connectivity index (χ2v) is 14.1. The molecule has 148 valence electrons. The smallest absolute Gasteiger partial charge is 0.410 e. The minimum Gasteiger partial charge on any atom is -0.444 e. The SMILES string of the molecule is CC(C)(C)OC(=O)N1C[C@@H](CO)OCC[C@@H](O[Si](C)(C)C(C)(C)C)C1. The first-order valence-electron chi connectivity index (χ1n) is 9.13. The minimum atomic E-state index is -1.95. The Morgan fingerprint density at radius 3 is 2.28 bits per heavy atom. The Morgan fingerprint density at radius 1 is 1.20 bits per heavy atom. The van der Waals surface area contributed by atoms with Gasteiger partial charge in [-0.1, -0.05) is 20.8 Å². The van der Waals surface area contributed by atoms with Crippen LogP contribution in [0.2, 0.25) is 18.1 Å². The van der Waals surface area contributed by atoms with E-state index in [2.05, 4.69) is 33.9 Å². The third-order valence-corrected chi connectivity index (χ3v) is 9.30. The lowest BCUT2D eigenvalue weighted by Crippen LogP contribution is -2.52. The van der Waals surface area contributed by atoms with Gasteiger partial charge in [0.2, 0.25) is 0 Å². The lowest BCUT2D eigenvalue weighted by molar-refractivity contribution is -0.0520. The Bertz CT molecular complexity index is 442. The van der Waals surface area contributed by atoms with Gasteiger partial charge in [0.1, 0.15) is 5.60 Å². The molecule has 0 aromatic rings. The van der Waals surface area contributed by atoms with Gasteiger partial charge in [-0.25, -0.2) is 4.79 Å². The summed E-state index contributed by atoms with van der Waals surface area (Å²) < 4.78 is 17.7. The topological polar surface area (TPSA) is 68.2 Å². The zero-order valence-corrected chi connectivity index (χ0v) is 18.2. The molecule has 1 heterocycles. The number of hydrogen-bond donors (Lipinski definition) is 1. The molecule has 25 heavy (non-hydrogen) atoms. The molecule has 0 spiro atoms. The number of hydrogen-bond acceptors (Lipinski definition) is 5. The zero-order chi connectivity index (χ0) is 19.5. The normalized spacial score (nSPS) is 23.8. The van der Waals surface area contributed by atoms with Crippen molar-refractivity contribution in [2.24, 2.45) is 0 Å². The molecule has 0 aliphatic carbocycles. The van der Waals surface area contributed by atoms with Gasteiger partial charge in [-0.3, -0.25) is 0 Å². The fraction of sp³-hybridized carbons (Fsp3) is 0.944. The van der Waals surface area contributed by atoms with Crippen LogP contribution in [0.25, 0.3) is 0 Å². The van der Waals surface area contributed by atoms with E-state index >= 15 is 0 Å². The van der Waals surface area contributed by atoms with Gasteiger partial charge < -0.3 is 23.9 Å². The van der Waals surface area contributed by atoms with Crippen molar-refractivity contribution in [2.75, 3.05) is 26.3 Å². The van der Waals surface area contributed by atoms with E-state index in [0.29, 0.717) is 26.1 Å². The lowest BCUT2D eigenvalue weighted by atomic mass is 10.2. The fourth-order valence-electron chi connectivity index (χ4n) is 2.35. The first-order valence-corrected chi connectivity index (χ1v) is 12.0. The molecule has 0 unspecified atom stereocenters. The van der Waals surface area contributed by atoms with Gasteiger partial charge in [-0.15, -0.1) is 0 Å². The summed E-state index contributed by atoms with van der Waals surface area (Å²) in [5.74, 6) is 0. The van der Waals surface area contributed by atoms with Crippen molar-refractivity contribution in [1.82, 2.24) is 4.90 Å². The summed E-state index contributed by atoms with van der Waals surface area (Å²) >= 11 is 0. The number of aliphatic hydroxyl groups is 1. The summed E-state index contributed by atoms with van der Waals surface area (Å²) in [5.41, 5.74) is -0.565. The molecule has 0 radical (unpaired) electrons. The van der Waals surface area contributed by atoms with Gasteiger partial charge in [-0.2, -0.15) is 0 Å². The van der Waals surface area contributed by atoms with Gasteiger partial charge >= 0.3 is 6.09 Å². The first kappa shape index (κ1) is 22.4. The Labute approximate surface area is 153 Å². The van der Waals surface area contributed by atoms with E-state index < -0.39 is 13.9 Å². The maximum Gasteiger partial charge on any atom is 0.410 e. The molecule has 0 aromatic heterocycles. The van der Waals surface area contributed by atoms with Crippen molar-refractivity contribution in [3.63, 3.8) is 0 Å². The molecule has 1 aliphatic heterocycles. The van der Waals surface area contributed by atoms with E-state index in [4.69, 9.17) is 13.9 Å². The van der Waals surface area contributed by atoms with Gasteiger partial charge in [0, 0.05) is 13.2 Å². The number of amides is 1. The van der Waals surface area contributed by atoms with E-state index in [9.17, 15) is 9.90 Å². The van der Waals surface area contributed by atoms with E-state index in [1.807, 2.05) is 20.8 Å². The van der Waals surface area contributed by atoms with Crippen LogP contribution in [0.15, 0.2) is 0 Å². The van der Waals surface area contributed by atoms with Crippen LogP contribution < -0.4 is 0 Å². The van der Waals surface area contributed by atoms with Crippen LogP contribution in [0, 0.1) is 0 Å². The Morgan fingerprint density at radius 2 is 1.80 bits per heavy atom. The Balaban J connectivity index is 2.90. The Hall–Kier alpha value is -0.633. The molecule has 1 N–H and O–H groups in total. The lowest BCUT2D eigenvalue weighted by Gasteiger charge is -2.42. The number of ether oxygens (including phenoxy) is 2. The van der Waals surface area contributed by atoms with Crippen LogP contribution >= 0.6 is 0 Å². The molecule has 0 saturated carbocycles. The summed E-state index contributed by atoms with van der Waals surface area (Å²) in [4.78, 5) is 14.2. The van der Waals surface area contributed by atoms with Gasteiger partial charge in [0.25, 0.3) is 0 Å². The molecule has 1 amide bonds. The fourth-order valence-corrected chi connectivity index (χ4v) is 3.73. The quantitative estimate of drug-likeness (QED) is 0.766. The molecule has 1 fully saturated rings. The summed E-state index contributed by atoms with van der Waals surface area (Å²) in [7, 11) is -1.95. The van der Waals surface area contributed by atoms with E-state index in [1.54, 1.807) is 4.90 Å². The first-order chi connectivity index (χ1) is 11.2.